The highest BCUT2D eigenvalue weighted by Gasteiger charge is 2.20. The van der Waals surface area contributed by atoms with Crippen molar-refractivity contribution in [3.63, 3.8) is 0 Å². The highest BCUT2D eigenvalue weighted by atomic mass is 16.5. The molecule has 6 heteroatoms. The fraction of sp³-hybridized carbons (Fsp3) is 0.650. The molecule has 1 amide bonds. The molecule has 2 fully saturated rings. The van der Waals surface area contributed by atoms with E-state index in [-0.39, 0.29) is 5.91 Å². The van der Waals surface area contributed by atoms with E-state index in [0.717, 1.165) is 78.7 Å². The third kappa shape index (κ3) is 6.36. The number of hydrogen-bond acceptors (Lipinski definition) is 5. The Morgan fingerprint density at radius 1 is 0.923 bits per heavy atom. The quantitative estimate of drug-likeness (QED) is 0.690. The number of hydrogen-bond donors (Lipinski definition) is 1. The summed E-state index contributed by atoms with van der Waals surface area (Å²) < 4.78 is 5.35. The minimum absolute atomic E-state index is 0.281. The van der Waals surface area contributed by atoms with E-state index in [1.165, 1.54) is 5.56 Å². The second-order valence-electron chi connectivity index (χ2n) is 7.10. The third-order valence-electron chi connectivity index (χ3n) is 5.20. The van der Waals surface area contributed by atoms with E-state index in [9.17, 15) is 4.79 Å². The SMILES string of the molecule is O=C(CCNCCN1CCOCC1)N1CCN(Cc2ccccc2)CC1. The van der Waals surface area contributed by atoms with Crippen LogP contribution in [0.2, 0.25) is 0 Å². The van der Waals surface area contributed by atoms with Crippen molar-refractivity contribution in [1.82, 2.24) is 20.0 Å². The minimum Gasteiger partial charge on any atom is -0.379 e. The van der Waals surface area contributed by atoms with Gasteiger partial charge in [0.15, 0.2) is 0 Å². The Labute approximate surface area is 157 Å². The van der Waals surface area contributed by atoms with E-state index in [4.69, 9.17) is 4.74 Å². The number of ether oxygens (including phenoxy) is 1. The second-order valence-corrected chi connectivity index (χ2v) is 7.10. The molecular formula is C20H32N4O2. The molecule has 3 rings (SSSR count). The lowest BCUT2D eigenvalue weighted by molar-refractivity contribution is -0.132. The van der Waals surface area contributed by atoms with Crippen LogP contribution in [-0.2, 0) is 16.1 Å². The lowest BCUT2D eigenvalue weighted by atomic mass is 10.2. The molecule has 0 spiro atoms. The monoisotopic (exact) mass is 360 g/mol. The largest absolute Gasteiger partial charge is 0.379 e. The molecule has 0 bridgehead atoms. The fourth-order valence-corrected chi connectivity index (χ4v) is 3.54. The van der Waals surface area contributed by atoms with Crippen LogP contribution in [0.15, 0.2) is 30.3 Å². The van der Waals surface area contributed by atoms with Crippen LogP contribution in [0.3, 0.4) is 0 Å². The van der Waals surface area contributed by atoms with Gasteiger partial charge in [-0.2, -0.15) is 0 Å². The molecule has 0 aliphatic carbocycles. The number of rotatable bonds is 8. The highest BCUT2D eigenvalue weighted by Crippen LogP contribution is 2.09. The maximum Gasteiger partial charge on any atom is 0.223 e. The molecule has 1 N–H and O–H groups in total. The molecule has 0 radical (unpaired) electrons. The number of carbonyl (C=O) groups excluding carboxylic acids is 1. The average molecular weight is 361 g/mol. The molecule has 0 aromatic heterocycles. The van der Waals surface area contributed by atoms with Gasteiger partial charge in [0.2, 0.25) is 5.91 Å². The number of carbonyl (C=O) groups is 1. The number of nitrogens with one attached hydrogen (secondary N) is 1. The minimum atomic E-state index is 0.281. The van der Waals surface area contributed by atoms with Crippen LogP contribution in [-0.4, -0.2) is 92.7 Å². The average Bonchev–Trinajstić information content (AvgIpc) is 2.70. The van der Waals surface area contributed by atoms with Gasteiger partial charge in [-0.05, 0) is 5.56 Å². The Kier molecular flexibility index (Phi) is 7.88. The first-order chi connectivity index (χ1) is 12.8. The summed E-state index contributed by atoms with van der Waals surface area (Å²) in [6, 6.07) is 10.6. The Balaban J connectivity index is 1.25. The first-order valence-electron chi connectivity index (χ1n) is 9.86. The van der Waals surface area contributed by atoms with Crippen LogP contribution >= 0.6 is 0 Å². The van der Waals surface area contributed by atoms with Gasteiger partial charge < -0.3 is 15.0 Å². The molecule has 2 saturated heterocycles. The van der Waals surface area contributed by atoms with Crippen molar-refractivity contribution in [1.29, 1.82) is 0 Å². The van der Waals surface area contributed by atoms with Gasteiger partial charge in [-0.25, -0.2) is 0 Å². The maximum absolute atomic E-state index is 12.4. The van der Waals surface area contributed by atoms with E-state index in [1.807, 2.05) is 4.90 Å². The van der Waals surface area contributed by atoms with Gasteiger partial charge in [0, 0.05) is 71.9 Å². The van der Waals surface area contributed by atoms with E-state index in [0.29, 0.717) is 6.42 Å². The summed E-state index contributed by atoms with van der Waals surface area (Å²) in [6.07, 6.45) is 0.599. The number of nitrogens with zero attached hydrogens (tertiary/aromatic N) is 3. The summed E-state index contributed by atoms with van der Waals surface area (Å²) in [7, 11) is 0. The van der Waals surface area contributed by atoms with E-state index in [1.54, 1.807) is 0 Å². The van der Waals surface area contributed by atoms with E-state index >= 15 is 0 Å². The Bertz CT molecular complexity index is 526. The second kappa shape index (κ2) is 10.6. The van der Waals surface area contributed by atoms with Crippen LogP contribution in [0, 0.1) is 0 Å². The van der Waals surface area contributed by atoms with Gasteiger partial charge in [-0.1, -0.05) is 30.3 Å². The third-order valence-corrected chi connectivity index (χ3v) is 5.20. The van der Waals surface area contributed by atoms with Crippen LogP contribution in [0.1, 0.15) is 12.0 Å². The van der Waals surface area contributed by atoms with Gasteiger partial charge in [0.1, 0.15) is 0 Å². The van der Waals surface area contributed by atoms with Crippen molar-refractivity contribution in [2.75, 3.05) is 72.1 Å². The molecule has 2 aliphatic rings. The number of morpholine rings is 1. The van der Waals surface area contributed by atoms with Gasteiger partial charge in [0.25, 0.3) is 0 Å². The fourth-order valence-electron chi connectivity index (χ4n) is 3.54. The summed E-state index contributed by atoms with van der Waals surface area (Å²) in [5, 5.41) is 3.40. The molecule has 6 nitrogen and oxygen atoms in total. The lowest BCUT2D eigenvalue weighted by Gasteiger charge is -2.35. The molecule has 0 unspecified atom stereocenters. The van der Waals surface area contributed by atoms with Crippen molar-refractivity contribution in [3.8, 4) is 0 Å². The topological polar surface area (TPSA) is 48.1 Å². The smallest absolute Gasteiger partial charge is 0.223 e. The number of benzene rings is 1. The molecule has 0 atom stereocenters. The molecular weight excluding hydrogens is 328 g/mol. The summed E-state index contributed by atoms with van der Waals surface area (Å²) in [6.45, 7) is 11.1. The number of amides is 1. The first kappa shape index (κ1) is 19.3. The summed E-state index contributed by atoms with van der Waals surface area (Å²) >= 11 is 0. The maximum atomic E-state index is 12.4. The summed E-state index contributed by atoms with van der Waals surface area (Å²) in [5.74, 6) is 0.281. The van der Waals surface area contributed by atoms with E-state index in [2.05, 4.69) is 45.4 Å². The molecule has 1 aromatic rings. The van der Waals surface area contributed by atoms with E-state index < -0.39 is 0 Å². The summed E-state index contributed by atoms with van der Waals surface area (Å²) in [5.41, 5.74) is 1.34. The van der Waals surface area contributed by atoms with Crippen LogP contribution < -0.4 is 5.32 Å². The Morgan fingerprint density at radius 3 is 2.38 bits per heavy atom. The highest BCUT2D eigenvalue weighted by molar-refractivity contribution is 5.76. The lowest BCUT2D eigenvalue weighted by Crippen LogP contribution is -2.48. The van der Waals surface area contributed by atoms with Gasteiger partial charge in [-0.3, -0.25) is 14.6 Å². The normalized spacial score (nSPS) is 19.6. The van der Waals surface area contributed by atoms with Crippen molar-refractivity contribution in [2.45, 2.75) is 13.0 Å². The van der Waals surface area contributed by atoms with Crippen molar-refractivity contribution < 1.29 is 9.53 Å². The predicted octanol–water partition coefficient (Wildman–Crippen LogP) is 0.643. The Morgan fingerprint density at radius 2 is 1.65 bits per heavy atom. The zero-order chi connectivity index (χ0) is 18.0. The van der Waals surface area contributed by atoms with Crippen LogP contribution in [0.4, 0.5) is 0 Å². The zero-order valence-electron chi connectivity index (χ0n) is 15.7. The molecule has 0 saturated carbocycles. The predicted molar refractivity (Wildman–Crippen MR) is 103 cm³/mol. The van der Waals surface area contributed by atoms with Crippen LogP contribution in [0.5, 0.6) is 0 Å². The standard InChI is InChI=1S/C20H32N4O2/c25-20(6-7-21-8-9-22-14-16-26-17-15-22)24-12-10-23(11-13-24)18-19-4-2-1-3-5-19/h1-5,21H,6-18H2. The number of piperazine rings is 1. The Hall–Kier alpha value is -1.47. The van der Waals surface area contributed by atoms with Crippen molar-refractivity contribution >= 4 is 5.91 Å². The molecule has 144 valence electrons. The van der Waals surface area contributed by atoms with Crippen molar-refractivity contribution in [3.05, 3.63) is 35.9 Å². The molecule has 26 heavy (non-hydrogen) atoms. The molecule has 1 aromatic carbocycles. The zero-order valence-corrected chi connectivity index (χ0v) is 15.7. The first-order valence-corrected chi connectivity index (χ1v) is 9.86. The molecule has 2 heterocycles. The van der Waals surface area contributed by atoms with Gasteiger partial charge in [-0.15, -0.1) is 0 Å². The summed E-state index contributed by atoms with van der Waals surface area (Å²) in [4.78, 5) is 19.2. The van der Waals surface area contributed by atoms with Gasteiger partial charge >= 0.3 is 0 Å². The van der Waals surface area contributed by atoms with Gasteiger partial charge in [0.05, 0.1) is 13.2 Å². The van der Waals surface area contributed by atoms with Crippen molar-refractivity contribution in [2.24, 2.45) is 0 Å². The van der Waals surface area contributed by atoms with Crippen LogP contribution in [0.25, 0.3) is 0 Å². The molecule has 2 aliphatic heterocycles.